The molecule has 0 saturated carbocycles. The van der Waals surface area contributed by atoms with E-state index in [2.05, 4.69) is 70.8 Å². The minimum atomic E-state index is -0.419. The van der Waals surface area contributed by atoms with E-state index >= 15 is 0 Å². The van der Waals surface area contributed by atoms with Crippen LogP contribution in [-0.4, -0.2) is 35.2 Å². The zero-order chi connectivity index (χ0) is 31.4. The number of para-hydroxylation sites is 1. The van der Waals surface area contributed by atoms with E-state index in [1.807, 2.05) is 38.6 Å². The largest absolute Gasteiger partial charge is 0.369 e. The molecule has 1 fully saturated rings. The first-order chi connectivity index (χ1) is 19.7. The third kappa shape index (κ3) is 11.8. The maximum absolute atomic E-state index is 12.5. The second kappa shape index (κ2) is 22.3. The van der Waals surface area contributed by atoms with Gasteiger partial charge >= 0.3 is 0 Å². The van der Waals surface area contributed by atoms with Gasteiger partial charge in [0.25, 0.3) is 0 Å². The first-order valence-corrected chi connectivity index (χ1v) is 16.7. The molecule has 0 bridgehead atoms. The molecule has 2 aromatic rings. The van der Waals surface area contributed by atoms with Gasteiger partial charge < -0.3 is 4.90 Å². The summed E-state index contributed by atoms with van der Waals surface area (Å²) in [6.07, 6.45) is 11.1. The number of nitrogens with zero attached hydrogens (tertiary/aromatic N) is 3. The van der Waals surface area contributed by atoms with E-state index in [9.17, 15) is 9.59 Å². The summed E-state index contributed by atoms with van der Waals surface area (Å²) in [5.41, 5.74) is 3.03. The van der Waals surface area contributed by atoms with E-state index in [0.717, 1.165) is 53.9 Å². The molecule has 1 aromatic carbocycles. The molecule has 6 nitrogen and oxygen atoms in total. The van der Waals surface area contributed by atoms with Gasteiger partial charge in [0, 0.05) is 25.5 Å². The Labute approximate surface area is 253 Å². The molecule has 0 radical (unpaired) electrons. The van der Waals surface area contributed by atoms with Gasteiger partial charge in [0.05, 0.1) is 22.8 Å². The summed E-state index contributed by atoms with van der Waals surface area (Å²) in [5.74, 6) is 1.52. The number of hydrogen-bond donors (Lipinski definition) is 1. The zero-order valence-corrected chi connectivity index (χ0v) is 28.6. The van der Waals surface area contributed by atoms with Gasteiger partial charge in [-0.15, -0.1) is 0 Å². The molecule has 6 heteroatoms. The smallest absolute Gasteiger partial charge is 0.235 e. The van der Waals surface area contributed by atoms with Crippen LogP contribution in [0.2, 0.25) is 0 Å². The van der Waals surface area contributed by atoms with Crippen LogP contribution in [0, 0.1) is 17.8 Å². The Bertz CT molecular complexity index is 962. The summed E-state index contributed by atoms with van der Waals surface area (Å²) in [4.78, 5) is 25.9. The second-order valence-electron chi connectivity index (χ2n) is 11.4. The molecule has 3 unspecified atom stereocenters. The minimum Gasteiger partial charge on any atom is -0.369 e. The molecule has 1 aliphatic rings. The zero-order valence-electron chi connectivity index (χ0n) is 28.6. The fourth-order valence-electron chi connectivity index (χ4n) is 5.18. The molecule has 2 amide bonds. The number of nitrogens with one attached hydrogen (secondary N) is 1. The number of hydrogen-bond acceptors (Lipinski definition) is 4. The minimum absolute atomic E-state index is 0.276. The first kappa shape index (κ1) is 38.6. The lowest BCUT2D eigenvalue weighted by molar-refractivity contribution is -0.126. The molecule has 236 valence electrons. The maximum Gasteiger partial charge on any atom is 0.235 e. The van der Waals surface area contributed by atoms with E-state index in [1.165, 1.54) is 50.6 Å². The summed E-state index contributed by atoms with van der Waals surface area (Å²) in [5, 5.41) is 8.09. The number of benzene rings is 1. The summed E-state index contributed by atoms with van der Waals surface area (Å²) in [6, 6.07) is 6.28. The van der Waals surface area contributed by atoms with Crippen molar-refractivity contribution in [3.63, 3.8) is 0 Å². The van der Waals surface area contributed by atoms with Crippen LogP contribution in [0.4, 0.5) is 5.69 Å². The highest BCUT2D eigenvalue weighted by molar-refractivity contribution is 5.98. The predicted molar refractivity (Wildman–Crippen MR) is 179 cm³/mol. The molecule has 3 atom stereocenters. The van der Waals surface area contributed by atoms with Gasteiger partial charge in [-0.2, -0.15) is 5.10 Å². The molecule has 1 aromatic heterocycles. The number of fused-ring (bicyclic) bond motifs is 1. The fraction of sp³-hybridized carbons (Fsp3) is 0.743. The van der Waals surface area contributed by atoms with Crippen molar-refractivity contribution in [3.8, 4) is 0 Å². The number of aromatic nitrogens is 2. The van der Waals surface area contributed by atoms with Crippen LogP contribution in [0.25, 0.3) is 10.9 Å². The van der Waals surface area contributed by atoms with Crippen molar-refractivity contribution in [3.05, 3.63) is 23.9 Å². The molecule has 1 saturated heterocycles. The number of carbonyl (C=O) groups is 2. The highest BCUT2D eigenvalue weighted by Crippen LogP contribution is 2.39. The molecule has 2 heterocycles. The van der Waals surface area contributed by atoms with Crippen LogP contribution in [0.5, 0.6) is 0 Å². The van der Waals surface area contributed by atoms with Gasteiger partial charge in [-0.25, -0.2) is 0 Å². The second-order valence-corrected chi connectivity index (χ2v) is 11.4. The van der Waals surface area contributed by atoms with Crippen LogP contribution in [0.1, 0.15) is 139 Å². The number of amides is 2. The van der Waals surface area contributed by atoms with Crippen molar-refractivity contribution in [1.82, 2.24) is 15.1 Å². The van der Waals surface area contributed by atoms with Crippen molar-refractivity contribution in [2.45, 2.75) is 133 Å². The Morgan fingerprint density at radius 3 is 2.10 bits per heavy atom. The molecule has 3 rings (SSSR count). The molecule has 1 N–H and O–H groups in total. The van der Waals surface area contributed by atoms with Crippen molar-refractivity contribution >= 4 is 28.9 Å². The monoisotopic (exact) mass is 573 g/mol. The van der Waals surface area contributed by atoms with Gasteiger partial charge in [-0.3, -0.25) is 19.6 Å². The van der Waals surface area contributed by atoms with Gasteiger partial charge in [0.1, 0.15) is 0 Å². The summed E-state index contributed by atoms with van der Waals surface area (Å²) >= 11 is 0. The number of unbranched alkanes of at least 4 members (excludes halogenated alkanes) is 3. The van der Waals surface area contributed by atoms with Gasteiger partial charge in [-0.05, 0) is 30.2 Å². The number of anilines is 1. The SMILES string of the molecule is CC.CCC.CCCC.CCCCCC(C)C(C)C1CN(c2cccc3c(C(CCC)C(=O)NC=O)nn(C)c23)C1. The van der Waals surface area contributed by atoms with Crippen LogP contribution in [0.15, 0.2) is 18.2 Å². The Morgan fingerprint density at radius 2 is 1.59 bits per heavy atom. The average Bonchev–Trinajstić information content (AvgIpc) is 3.29. The van der Waals surface area contributed by atoms with Crippen molar-refractivity contribution < 1.29 is 9.59 Å². The third-order valence-corrected chi connectivity index (χ3v) is 7.95. The van der Waals surface area contributed by atoms with E-state index < -0.39 is 5.92 Å². The van der Waals surface area contributed by atoms with Crippen LogP contribution in [-0.2, 0) is 16.6 Å². The fourth-order valence-corrected chi connectivity index (χ4v) is 5.18. The number of aryl methyl sites for hydroxylation is 1. The van der Waals surface area contributed by atoms with E-state index in [1.54, 1.807) is 0 Å². The Kier molecular flexibility index (Phi) is 21.0. The summed E-state index contributed by atoms with van der Waals surface area (Å²) in [7, 11) is 1.95. The quantitative estimate of drug-likeness (QED) is 0.192. The van der Waals surface area contributed by atoms with Gasteiger partial charge in [-0.1, -0.05) is 133 Å². The summed E-state index contributed by atoms with van der Waals surface area (Å²) in [6.45, 7) is 23.9. The van der Waals surface area contributed by atoms with E-state index in [4.69, 9.17) is 5.10 Å². The van der Waals surface area contributed by atoms with Crippen LogP contribution >= 0.6 is 0 Å². The van der Waals surface area contributed by atoms with Gasteiger partial charge in [0.15, 0.2) is 0 Å². The Hall–Kier alpha value is -2.37. The topological polar surface area (TPSA) is 67.2 Å². The Balaban J connectivity index is 0.00000157. The molecule has 0 aliphatic carbocycles. The molecule has 1 aliphatic heterocycles. The molecule has 41 heavy (non-hydrogen) atoms. The number of rotatable bonds is 13. The lowest BCUT2D eigenvalue weighted by atomic mass is 9.77. The Morgan fingerprint density at radius 1 is 0.976 bits per heavy atom. The third-order valence-electron chi connectivity index (χ3n) is 7.95. The highest BCUT2D eigenvalue weighted by atomic mass is 16.2. The first-order valence-electron chi connectivity index (χ1n) is 16.7. The normalized spacial score (nSPS) is 14.7. The summed E-state index contributed by atoms with van der Waals surface area (Å²) < 4.78 is 1.90. The van der Waals surface area contributed by atoms with Crippen LogP contribution in [0.3, 0.4) is 0 Å². The van der Waals surface area contributed by atoms with E-state index in [-0.39, 0.29) is 5.91 Å². The molecule has 0 spiro atoms. The van der Waals surface area contributed by atoms with Gasteiger partial charge in [0.2, 0.25) is 12.3 Å². The number of carbonyl (C=O) groups excluding carboxylic acids is 2. The van der Waals surface area contributed by atoms with Crippen molar-refractivity contribution in [1.29, 1.82) is 0 Å². The lowest BCUT2D eigenvalue weighted by Crippen LogP contribution is -2.50. The number of imide groups is 1. The van der Waals surface area contributed by atoms with E-state index in [0.29, 0.717) is 12.8 Å². The molecular weight excluding hydrogens is 508 g/mol. The lowest BCUT2D eigenvalue weighted by Gasteiger charge is -2.46. The van der Waals surface area contributed by atoms with Crippen molar-refractivity contribution in [2.24, 2.45) is 24.8 Å². The predicted octanol–water partition coefficient (Wildman–Crippen LogP) is 9.27. The average molecular weight is 573 g/mol. The van der Waals surface area contributed by atoms with Crippen LogP contribution < -0.4 is 10.2 Å². The van der Waals surface area contributed by atoms with Crippen molar-refractivity contribution in [2.75, 3.05) is 18.0 Å². The standard InChI is InChI=1S/C26H40N4O2.C4H10.C3H8.C2H6/c1-6-8-9-12-18(3)19(4)20-15-30(16-20)23-14-10-13-21-24(28-29(5)25(21)23)22(11-7-2)26(32)27-17-31;1-3-4-2;1-3-2;1-2/h10,13-14,17-20,22H,6-9,11-12,15-16H2,1-5H3,(H,27,31,32);3-4H2,1-2H3;3H2,1-2H3;1-2H3. The maximum atomic E-state index is 12.5. The molecular formula is C35H64N4O2. The highest BCUT2D eigenvalue weighted by Gasteiger charge is 2.35.